The van der Waals surface area contributed by atoms with Gasteiger partial charge in [-0.3, -0.25) is 0 Å². The summed E-state index contributed by atoms with van der Waals surface area (Å²) in [5.74, 6) is -0.224. The van der Waals surface area contributed by atoms with Gasteiger partial charge in [0.25, 0.3) is 0 Å². The van der Waals surface area contributed by atoms with Crippen LogP contribution in [-0.2, 0) is 0 Å². The van der Waals surface area contributed by atoms with Crippen molar-refractivity contribution in [2.45, 2.75) is 0 Å². The number of hydrogen-bond acceptors (Lipinski definition) is 3. The summed E-state index contributed by atoms with van der Waals surface area (Å²) in [4.78, 5) is 4.79. The van der Waals surface area contributed by atoms with E-state index in [9.17, 15) is 5.11 Å². The van der Waals surface area contributed by atoms with Crippen LogP contribution in [0.15, 0.2) is 137 Å². The fraction of sp³-hybridized carbons (Fsp3) is 0.0357. The van der Waals surface area contributed by atoms with E-state index >= 15 is 0 Å². The highest BCUT2D eigenvalue weighted by atomic mass is 32.2. The van der Waals surface area contributed by atoms with Crippen LogP contribution in [-0.4, -0.2) is 12.2 Å². The topological polar surface area (TPSA) is 35.4 Å². The van der Waals surface area contributed by atoms with Crippen molar-refractivity contribution in [2.75, 3.05) is 6.26 Å². The van der Waals surface area contributed by atoms with Gasteiger partial charge in [0.2, 0.25) is 5.44 Å². The van der Waals surface area contributed by atoms with Gasteiger partial charge in [0.05, 0.1) is 0 Å². The Labute approximate surface area is 194 Å². The Kier molecular flexibility index (Phi) is 7.21. The Hall–Kier alpha value is -3.13. The van der Waals surface area contributed by atoms with E-state index in [0.29, 0.717) is 5.56 Å². The third-order valence-electron chi connectivity index (χ3n) is 5.23. The molecule has 4 aromatic carbocycles. The minimum Gasteiger partial charge on any atom is -0.858 e. The summed E-state index contributed by atoms with van der Waals surface area (Å²) in [6.07, 6.45) is 2.01. The molecule has 0 saturated heterocycles. The van der Waals surface area contributed by atoms with Crippen molar-refractivity contribution >= 4 is 40.8 Å². The predicted octanol–water partition coefficient (Wildman–Crippen LogP) is 4.95. The van der Waals surface area contributed by atoms with Crippen LogP contribution in [0.4, 0.5) is 0 Å². The highest BCUT2D eigenvalue weighted by Crippen LogP contribution is 2.63. The van der Waals surface area contributed by atoms with Crippen molar-refractivity contribution in [3.05, 3.63) is 138 Å². The van der Waals surface area contributed by atoms with Crippen molar-refractivity contribution in [1.82, 2.24) is 0 Å². The van der Waals surface area contributed by atoms with Gasteiger partial charge >= 0.3 is 0 Å². The van der Waals surface area contributed by atoms with Gasteiger partial charge in [-0.25, -0.2) is 4.99 Å². The Bertz CT molecular complexity index is 1100. The van der Waals surface area contributed by atoms with Gasteiger partial charge < -0.3 is 5.11 Å². The predicted molar refractivity (Wildman–Crippen MR) is 140 cm³/mol. The summed E-state index contributed by atoms with van der Waals surface area (Å²) >= 11 is 1.58. The molecule has 0 heterocycles. The first-order chi connectivity index (χ1) is 15.8. The molecule has 0 N–H and O–H groups in total. The molecule has 0 saturated carbocycles. The first kappa shape index (κ1) is 22.1. The Morgan fingerprint density at radius 3 is 1.41 bits per heavy atom. The van der Waals surface area contributed by atoms with Gasteiger partial charge in [-0.05, 0) is 54.1 Å². The molecule has 0 aromatic heterocycles. The quantitative estimate of drug-likeness (QED) is 0.226. The molecule has 0 radical (unpaired) electrons. The van der Waals surface area contributed by atoms with Crippen LogP contribution in [0.1, 0.15) is 5.56 Å². The Morgan fingerprint density at radius 2 is 1.03 bits per heavy atom. The molecule has 4 aromatic rings. The van der Waals surface area contributed by atoms with Crippen LogP contribution in [0.5, 0.6) is 0 Å². The Balaban J connectivity index is 2.07. The first-order valence-electron chi connectivity index (χ1n) is 10.4. The van der Waals surface area contributed by atoms with E-state index in [0.717, 1.165) is 5.44 Å². The van der Waals surface area contributed by atoms with Crippen LogP contribution in [0.3, 0.4) is 0 Å². The van der Waals surface area contributed by atoms with Crippen molar-refractivity contribution < 1.29 is 5.11 Å². The number of aliphatic imine (C=N–C) groups is 1. The van der Waals surface area contributed by atoms with E-state index in [1.165, 1.54) is 15.9 Å². The lowest BCUT2D eigenvalue weighted by Gasteiger charge is -2.28. The molecule has 0 fully saturated rings. The molecule has 0 aliphatic heterocycles. The van der Waals surface area contributed by atoms with E-state index in [4.69, 9.17) is 4.99 Å². The zero-order valence-corrected chi connectivity index (χ0v) is 19.5. The van der Waals surface area contributed by atoms with E-state index < -0.39 is 7.26 Å². The summed E-state index contributed by atoms with van der Waals surface area (Å²) in [6.45, 7) is 0. The second-order valence-corrected chi connectivity index (χ2v) is 11.2. The molecular formula is C28H24NOPS. The minimum absolute atomic E-state index is 0.224. The molecule has 4 heteroatoms. The van der Waals surface area contributed by atoms with Crippen LogP contribution in [0, 0.1) is 0 Å². The molecular weight excluding hydrogens is 429 g/mol. The third kappa shape index (κ3) is 4.41. The van der Waals surface area contributed by atoms with Gasteiger partial charge in [-0.1, -0.05) is 84.9 Å². The van der Waals surface area contributed by atoms with Crippen molar-refractivity contribution in [3.8, 4) is 0 Å². The van der Waals surface area contributed by atoms with Gasteiger partial charge in [0.15, 0.2) is 7.26 Å². The molecule has 0 spiro atoms. The third-order valence-corrected chi connectivity index (χ3v) is 10.0. The monoisotopic (exact) mass is 453 g/mol. The molecule has 0 amide bonds. The number of rotatable bonds is 7. The number of thioether (sulfide) groups is 1. The molecule has 32 heavy (non-hydrogen) atoms. The van der Waals surface area contributed by atoms with Crippen LogP contribution >= 0.6 is 19.0 Å². The summed E-state index contributed by atoms with van der Waals surface area (Å²) in [5, 5.41) is 18.8. The number of hydrogen-bond donors (Lipinski definition) is 0. The number of benzene rings is 4. The molecule has 4 rings (SSSR count). The fourth-order valence-corrected chi connectivity index (χ4v) is 8.83. The average molecular weight is 454 g/mol. The van der Waals surface area contributed by atoms with Crippen LogP contribution in [0.2, 0.25) is 0 Å². The highest BCUT2D eigenvalue weighted by Gasteiger charge is 2.50. The van der Waals surface area contributed by atoms with Gasteiger partial charge in [-0.15, -0.1) is 11.8 Å². The summed E-state index contributed by atoms with van der Waals surface area (Å²) in [7, 11) is -2.40. The van der Waals surface area contributed by atoms with Crippen molar-refractivity contribution in [3.63, 3.8) is 0 Å². The lowest BCUT2D eigenvalue weighted by Crippen LogP contribution is -2.33. The second-order valence-electron chi connectivity index (χ2n) is 7.17. The maximum atomic E-state index is 13.3. The standard InChI is InChI=1S/C28H24NOPS/c1-32-22-27(29-28(30)23-14-6-2-7-15-23)31(24-16-8-3-9-17-24,25-18-10-4-11-19-25)26-20-12-5-13-21-26/h2-22H,1H3/b27-22+. The molecule has 158 valence electrons. The maximum Gasteiger partial charge on any atom is 0.203 e. The van der Waals surface area contributed by atoms with Crippen molar-refractivity contribution in [1.29, 1.82) is 0 Å². The molecule has 0 aliphatic rings. The van der Waals surface area contributed by atoms with Crippen LogP contribution in [0.25, 0.3) is 0 Å². The Morgan fingerprint density at radius 1 is 0.656 bits per heavy atom. The van der Waals surface area contributed by atoms with E-state index in [-0.39, 0.29) is 5.90 Å². The van der Waals surface area contributed by atoms with Crippen molar-refractivity contribution in [2.24, 2.45) is 4.99 Å². The SMILES string of the molecule is CS/C=C(\N=C(/[O-])c1ccccc1)[P+](c1ccccc1)(c1ccccc1)c1ccccc1. The maximum absolute atomic E-state index is 13.3. The summed E-state index contributed by atoms with van der Waals surface area (Å²) in [5.41, 5.74) is 1.40. The first-order valence-corrected chi connectivity index (χ1v) is 13.4. The molecule has 0 bridgehead atoms. The lowest BCUT2D eigenvalue weighted by molar-refractivity contribution is -0.212. The summed E-state index contributed by atoms with van der Waals surface area (Å²) in [6, 6.07) is 40.7. The molecule has 0 unspecified atom stereocenters. The smallest absolute Gasteiger partial charge is 0.203 e. The molecule has 0 aliphatic carbocycles. The minimum atomic E-state index is -2.40. The van der Waals surface area contributed by atoms with Crippen LogP contribution < -0.4 is 21.0 Å². The largest absolute Gasteiger partial charge is 0.858 e. The van der Waals surface area contributed by atoms with Gasteiger partial charge in [0, 0.05) is 5.41 Å². The molecule has 0 atom stereocenters. The zero-order chi connectivity index (χ0) is 22.2. The lowest BCUT2D eigenvalue weighted by atomic mass is 10.2. The fourth-order valence-electron chi connectivity index (χ4n) is 3.83. The molecule has 2 nitrogen and oxygen atoms in total. The van der Waals surface area contributed by atoms with Gasteiger partial charge in [0.1, 0.15) is 15.9 Å². The van der Waals surface area contributed by atoms with E-state index in [2.05, 4.69) is 72.8 Å². The number of nitrogens with zero attached hydrogens (tertiary/aromatic N) is 1. The average Bonchev–Trinajstić information content (AvgIpc) is 2.87. The van der Waals surface area contributed by atoms with E-state index in [1.54, 1.807) is 11.8 Å². The van der Waals surface area contributed by atoms with E-state index in [1.807, 2.05) is 60.2 Å². The highest BCUT2D eigenvalue weighted by molar-refractivity contribution is 8.03. The summed E-state index contributed by atoms with van der Waals surface area (Å²) < 4.78 is 0. The zero-order valence-electron chi connectivity index (χ0n) is 17.8. The normalized spacial score (nSPS) is 12.5. The second kappa shape index (κ2) is 10.5. The van der Waals surface area contributed by atoms with Gasteiger partial charge in [-0.2, -0.15) is 0 Å².